The van der Waals surface area contributed by atoms with Crippen LogP contribution in [-0.4, -0.2) is 25.9 Å². The molecule has 0 heterocycles. The molecule has 0 radical (unpaired) electrons. The molecular formula is C19H21Cl2N3O2. The molecule has 0 aliphatic heterocycles. The van der Waals surface area contributed by atoms with E-state index in [0.29, 0.717) is 15.7 Å². The molecule has 0 aliphatic carbocycles. The third kappa shape index (κ3) is 4.48. The number of hydrogen-bond donors (Lipinski definition) is 2. The molecule has 0 spiro atoms. The Morgan fingerprint density at radius 1 is 0.885 bits per heavy atom. The SMILES string of the molecule is CN(C)c1ccc(NC(=O)C(C)(C)C(=O)Nc2c(Cl)cccc2Cl)cc1. The van der Waals surface area contributed by atoms with Crippen LogP contribution in [0.5, 0.6) is 0 Å². The molecule has 0 unspecified atom stereocenters. The van der Waals surface area contributed by atoms with Gasteiger partial charge in [-0.05, 0) is 50.2 Å². The summed E-state index contributed by atoms with van der Waals surface area (Å²) < 4.78 is 0. The van der Waals surface area contributed by atoms with Crippen LogP contribution in [0.4, 0.5) is 17.1 Å². The van der Waals surface area contributed by atoms with Crippen molar-refractivity contribution < 1.29 is 9.59 Å². The van der Waals surface area contributed by atoms with Gasteiger partial charge >= 0.3 is 0 Å². The van der Waals surface area contributed by atoms with E-state index >= 15 is 0 Å². The zero-order valence-electron chi connectivity index (χ0n) is 15.1. The molecule has 0 atom stereocenters. The van der Waals surface area contributed by atoms with Crippen LogP contribution in [0.3, 0.4) is 0 Å². The van der Waals surface area contributed by atoms with Gasteiger partial charge in [0.15, 0.2) is 0 Å². The Kier molecular flexibility index (Phi) is 6.16. The molecule has 2 aromatic carbocycles. The normalized spacial score (nSPS) is 11.0. The van der Waals surface area contributed by atoms with Gasteiger partial charge in [0.05, 0.1) is 15.7 Å². The van der Waals surface area contributed by atoms with Crippen LogP contribution in [0.1, 0.15) is 13.8 Å². The highest BCUT2D eigenvalue weighted by Gasteiger charge is 2.36. The maximum absolute atomic E-state index is 12.6. The van der Waals surface area contributed by atoms with E-state index in [2.05, 4.69) is 10.6 Å². The molecule has 0 bridgehead atoms. The lowest BCUT2D eigenvalue weighted by Crippen LogP contribution is -2.41. The summed E-state index contributed by atoms with van der Waals surface area (Å²) >= 11 is 12.1. The predicted molar refractivity (Wildman–Crippen MR) is 108 cm³/mol. The molecule has 7 heteroatoms. The molecule has 2 rings (SSSR count). The fraction of sp³-hybridized carbons (Fsp3) is 0.263. The lowest BCUT2D eigenvalue weighted by atomic mass is 9.90. The van der Waals surface area contributed by atoms with Gasteiger partial charge in [-0.25, -0.2) is 0 Å². The van der Waals surface area contributed by atoms with Crippen molar-refractivity contribution in [3.63, 3.8) is 0 Å². The van der Waals surface area contributed by atoms with E-state index in [4.69, 9.17) is 23.2 Å². The van der Waals surface area contributed by atoms with E-state index in [1.165, 1.54) is 13.8 Å². The number of nitrogens with one attached hydrogen (secondary N) is 2. The Morgan fingerprint density at radius 2 is 1.38 bits per heavy atom. The third-order valence-corrected chi connectivity index (χ3v) is 4.61. The molecule has 0 saturated carbocycles. The molecule has 138 valence electrons. The number of halogens is 2. The molecule has 2 amide bonds. The fourth-order valence-electron chi connectivity index (χ4n) is 2.12. The standard InChI is InChI=1S/C19H21Cl2N3O2/c1-19(2,18(26)23-16-14(20)6-5-7-15(16)21)17(25)22-12-8-10-13(11-9-12)24(3)4/h5-11H,1-4H3,(H,22,25)(H,23,26). The van der Waals surface area contributed by atoms with Gasteiger partial charge in [0.25, 0.3) is 0 Å². The topological polar surface area (TPSA) is 61.4 Å². The number of amides is 2. The average Bonchev–Trinajstić information content (AvgIpc) is 2.58. The second-order valence-electron chi connectivity index (χ2n) is 6.57. The van der Waals surface area contributed by atoms with Gasteiger partial charge < -0.3 is 15.5 Å². The van der Waals surface area contributed by atoms with Gasteiger partial charge in [-0.15, -0.1) is 0 Å². The highest BCUT2D eigenvalue weighted by atomic mass is 35.5. The fourth-order valence-corrected chi connectivity index (χ4v) is 2.61. The van der Waals surface area contributed by atoms with Crippen molar-refractivity contribution in [3.05, 3.63) is 52.5 Å². The van der Waals surface area contributed by atoms with E-state index in [0.717, 1.165) is 5.69 Å². The van der Waals surface area contributed by atoms with Gasteiger partial charge in [-0.2, -0.15) is 0 Å². The largest absolute Gasteiger partial charge is 0.378 e. The molecule has 0 saturated heterocycles. The maximum atomic E-state index is 12.6. The van der Waals surface area contributed by atoms with Crippen LogP contribution in [0.15, 0.2) is 42.5 Å². The van der Waals surface area contributed by atoms with E-state index in [-0.39, 0.29) is 5.69 Å². The molecule has 2 aromatic rings. The summed E-state index contributed by atoms with van der Waals surface area (Å²) in [6.07, 6.45) is 0. The number of para-hydroxylation sites is 1. The summed E-state index contributed by atoms with van der Waals surface area (Å²) in [6, 6.07) is 12.2. The number of hydrogen-bond acceptors (Lipinski definition) is 3. The number of rotatable bonds is 5. The van der Waals surface area contributed by atoms with E-state index in [9.17, 15) is 9.59 Å². The van der Waals surface area contributed by atoms with E-state index < -0.39 is 17.2 Å². The lowest BCUT2D eigenvalue weighted by Gasteiger charge is -2.23. The highest BCUT2D eigenvalue weighted by Crippen LogP contribution is 2.32. The van der Waals surface area contributed by atoms with Crippen molar-refractivity contribution in [1.82, 2.24) is 0 Å². The Morgan fingerprint density at radius 3 is 1.88 bits per heavy atom. The van der Waals surface area contributed by atoms with Gasteiger partial charge in [0, 0.05) is 25.5 Å². The molecule has 0 aromatic heterocycles. The van der Waals surface area contributed by atoms with Crippen molar-refractivity contribution in [1.29, 1.82) is 0 Å². The number of carbonyl (C=O) groups excluding carboxylic acids is 2. The van der Waals surface area contributed by atoms with Gasteiger partial charge in [-0.3, -0.25) is 9.59 Å². The number of nitrogens with zero attached hydrogens (tertiary/aromatic N) is 1. The first-order chi connectivity index (χ1) is 12.1. The van der Waals surface area contributed by atoms with Crippen LogP contribution >= 0.6 is 23.2 Å². The molecule has 0 fully saturated rings. The first kappa shape index (κ1) is 20.1. The smallest absolute Gasteiger partial charge is 0.239 e. The second kappa shape index (κ2) is 7.98. The van der Waals surface area contributed by atoms with Crippen LogP contribution < -0.4 is 15.5 Å². The number of carbonyl (C=O) groups is 2. The van der Waals surface area contributed by atoms with Crippen molar-refractivity contribution in [3.8, 4) is 0 Å². The Bertz CT molecular complexity index is 798. The highest BCUT2D eigenvalue weighted by molar-refractivity contribution is 6.40. The zero-order valence-corrected chi connectivity index (χ0v) is 16.6. The monoisotopic (exact) mass is 393 g/mol. The van der Waals surface area contributed by atoms with E-state index in [1.54, 1.807) is 30.3 Å². The molecule has 0 aliphatic rings. The summed E-state index contributed by atoms with van der Waals surface area (Å²) in [7, 11) is 3.86. The maximum Gasteiger partial charge on any atom is 0.239 e. The van der Waals surface area contributed by atoms with Gasteiger partial charge in [0.1, 0.15) is 5.41 Å². The minimum absolute atomic E-state index is 0.289. The molecule has 26 heavy (non-hydrogen) atoms. The molecule has 5 nitrogen and oxygen atoms in total. The van der Waals surface area contributed by atoms with Crippen LogP contribution in [0.2, 0.25) is 10.0 Å². The molecular weight excluding hydrogens is 373 g/mol. The summed E-state index contributed by atoms with van der Waals surface area (Å²) in [5, 5.41) is 6.01. The second-order valence-corrected chi connectivity index (χ2v) is 7.39. The van der Waals surface area contributed by atoms with Gasteiger partial charge in [0.2, 0.25) is 11.8 Å². The Hall–Kier alpha value is -2.24. The Balaban J connectivity index is 2.12. The average molecular weight is 394 g/mol. The summed E-state index contributed by atoms with van der Waals surface area (Å²) in [6.45, 7) is 3.08. The van der Waals surface area contributed by atoms with Crippen LogP contribution in [-0.2, 0) is 9.59 Å². The lowest BCUT2D eigenvalue weighted by molar-refractivity contribution is -0.135. The van der Waals surface area contributed by atoms with Crippen molar-refractivity contribution >= 4 is 52.1 Å². The summed E-state index contributed by atoms with van der Waals surface area (Å²) in [5.41, 5.74) is 0.575. The quantitative estimate of drug-likeness (QED) is 0.725. The predicted octanol–water partition coefficient (Wildman–Crippen LogP) is 4.66. The van der Waals surface area contributed by atoms with Crippen LogP contribution in [0.25, 0.3) is 0 Å². The third-order valence-electron chi connectivity index (χ3n) is 3.98. The summed E-state index contributed by atoms with van der Waals surface area (Å²) in [5.74, 6) is -0.939. The number of benzene rings is 2. The molecule has 2 N–H and O–H groups in total. The minimum Gasteiger partial charge on any atom is -0.378 e. The van der Waals surface area contributed by atoms with Crippen LogP contribution in [0, 0.1) is 5.41 Å². The zero-order chi connectivity index (χ0) is 19.5. The summed E-state index contributed by atoms with van der Waals surface area (Å²) in [4.78, 5) is 27.2. The van der Waals surface area contributed by atoms with Crippen molar-refractivity contribution in [2.45, 2.75) is 13.8 Å². The van der Waals surface area contributed by atoms with Crippen molar-refractivity contribution in [2.24, 2.45) is 5.41 Å². The Labute approximate surface area is 163 Å². The van der Waals surface area contributed by atoms with E-state index in [1.807, 2.05) is 31.1 Å². The first-order valence-corrected chi connectivity index (χ1v) is 8.73. The minimum atomic E-state index is -1.33. The first-order valence-electron chi connectivity index (χ1n) is 7.97. The number of anilines is 3. The van der Waals surface area contributed by atoms with Crippen molar-refractivity contribution in [2.75, 3.05) is 29.6 Å². The van der Waals surface area contributed by atoms with Gasteiger partial charge in [-0.1, -0.05) is 29.3 Å².